The summed E-state index contributed by atoms with van der Waals surface area (Å²) >= 11 is 0. The van der Waals surface area contributed by atoms with E-state index in [4.69, 9.17) is 5.73 Å². The maximum absolute atomic E-state index is 11.7. The Bertz CT molecular complexity index is 242. The largest absolute Gasteiger partial charge is 0.336 e. The first kappa shape index (κ1) is 13.3. The minimum atomic E-state index is -0.184. The molecule has 16 heavy (non-hydrogen) atoms. The molecule has 0 spiro atoms. The van der Waals surface area contributed by atoms with E-state index in [2.05, 4.69) is 17.6 Å². The Morgan fingerprint density at radius 2 is 2.25 bits per heavy atom. The molecule has 2 unspecified atom stereocenters. The van der Waals surface area contributed by atoms with E-state index < -0.39 is 0 Å². The highest BCUT2D eigenvalue weighted by Gasteiger charge is 2.35. The highest BCUT2D eigenvalue weighted by atomic mass is 16.2. The van der Waals surface area contributed by atoms with E-state index in [1.807, 2.05) is 13.8 Å². The van der Waals surface area contributed by atoms with Gasteiger partial charge in [-0.3, -0.25) is 0 Å². The van der Waals surface area contributed by atoms with Crippen LogP contribution in [0.2, 0.25) is 0 Å². The van der Waals surface area contributed by atoms with Crippen molar-refractivity contribution in [3.8, 4) is 0 Å². The molecular formula is C12H25N3O. The molecule has 0 aromatic heterocycles. The SMILES string of the molecule is CC1CCCC(CN)(NC(=O)NC(C)C)C1. The summed E-state index contributed by atoms with van der Waals surface area (Å²) in [5.41, 5.74) is 5.65. The van der Waals surface area contributed by atoms with Crippen LogP contribution in [0, 0.1) is 5.92 Å². The van der Waals surface area contributed by atoms with Crippen molar-refractivity contribution in [3.05, 3.63) is 0 Å². The second-order valence-corrected chi connectivity index (χ2v) is 5.44. The van der Waals surface area contributed by atoms with Crippen molar-refractivity contribution in [1.29, 1.82) is 0 Å². The number of carbonyl (C=O) groups is 1. The highest BCUT2D eigenvalue weighted by Crippen LogP contribution is 2.31. The number of nitrogens with one attached hydrogen (secondary N) is 2. The summed E-state index contributed by atoms with van der Waals surface area (Å²) in [7, 11) is 0. The summed E-state index contributed by atoms with van der Waals surface area (Å²) in [5, 5.41) is 5.93. The summed E-state index contributed by atoms with van der Waals surface area (Å²) in [6.45, 7) is 6.67. The molecule has 1 rings (SSSR count). The number of hydrogen-bond donors (Lipinski definition) is 3. The zero-order valence-electron chi connectivity index (χ0n) is 10.7. The summed E-state index contributed by atoms with van der Waals surface area (Å²) in [4.78, 5) is 11.7. The third-order valence-corrected chi connectivity index (χ3v) is 3.28. The van der Waals surface area contributed by atoms with Gasteiger partial charge in [0.25, 0.3) is 0 Å². The first-order valence-corrected chi connectivity index (χ1v) is 6.26. The van der Waals surface area contributed by atoms with E-state index in [0.29, 0.717) is 12.5 Å². The molecule has 2 amide bonds. The van der Waals surface area contributed by atoms with E-state index >= 15 is 0 Å². The van der Waals surface area contributed by atoms with Gasteiger partial charge in [-0.25, -0.2) is 4.79 Å². The van der Waals surface area contributed by atoms with Gasteiger partial charge >= 0.3 is 6.03 Å². The van der Waals surface area contributed by atoms with Crippen molar-refractivity contribution < 1.29 is 4.79 Å². The topological polar surface area (TPSA) is 67.1 Å². The fourth-order valence-electron chi connectivity index (χ4n) is 2.55. The number of urea groups is 1. The summed E-state index contributed by atoms with van der Waals surface area (Å²) in [6.07, 6.45) is 4.39. The van der Waals surface area contributed by atoms with Crippen molar-refractivity contribution in [1.82, 2.24) is 10.6 Å². The molecule has 0 saturated heterocycles. The van der Waals surface area contributed by atoms with Gasteiger partial charge in [0.05, 0.1) is 5.54 Å². The molecule has 2 atom stereocenters. The molecule has 0 heterocycles. The Hall–Kier alpha value is -0.770. The summed E-state index contributed by atoms with van der Waals surface area (Å²) in [5.74, 6) is 0.650. The van der Waals surface area contributed by atoms with Crippen LogP contribution in [0.5, 0.6) is 0 Å². The summed E-state index contributed by atoms with van der Waals surface area (Å²) < 4.78 is 0. The number of carbonyl (C=O) groups excluding carboxylic acids is 1. The van der Waals surface area contributed by atoms with E-state index in [1.54, 1.807) is 0 Å². The van der Waals surface area contributed by atoms with Crippen molar-refractivity contribution in [2.24, 2.45) is 11.7 Å². The molecule has 4 nitrogen and oxygen atoms in total. The Morgan fingerprint density at radius 1 is 1.56 bits per heavy atom. The molecule has 0 radical (unpaired) electrons. The second-order valence-electron chi connectivity index (χ2n) is 5.44. The molecule has 94 valence electrons. The average molecular weight is 227 g/mol. The van der Waals surface area contributed by atoms with Crippen LogP contribution in [0.15, 0.2) is 0 Å². The molecule has 1 fully saturated rings. The van der Waals surface area contributed by atoms with Gasteiger partial charge in [0.2, 0.25) is 0 Å². The minimum Gasteiger partial charge on any atom is -0.336 e. The van der Waals surface area contributed by atoms with Crippen molar-refractivity contribution in [2.75, 3.05) is 6.54 Å². The van der Waals surface area contributed by atoms with Crippen LogP contribution in [0.1, 0.15) is 46.5 Å². The van der Waals surface area contributed by atoms with Crippen LogP contribution >= 0.6 is 0 Å². The standard InChI is InChI=1S/C12H25N3O/c1-9(2)14-11(16)15-12(8-13)6-4-5-10(3)7-12/h9-10H,4-8,13H2,1-3H3,(H2,14,15,16). The Kier molecular flexibility index (Phi) is 4.59. The minimum absolute atomic E-state index is 0.0884. The lowest BCUT2D eigenvalue weighted by Gasteiger charge is -2.40. The Morgan fingerprint density at radius 3 is 2.75 bits per heavy atom. The molecule has 0 aromatic carbocycles. The molecular weight excluding hydrogens is 202 g/mol. The Balaban J connectivity index is 2.55. The van der Waals surface area contributed by atoms with Gasteiger partial charge in [0, 0.05) is 12.6 Å². The third kappa shape index (κ3) is 3.67. The smallest absolute Gasteiger partial charge is 0.315 e. The van der Waals surface area contributed by atoms with E-state index in [-0.39, 0.29) is 17.6 Å². The van der Waals surface area contributed by atoms with Crippen molar-refractivity contribution >= 4 is 6.03 Å². The maximum Gasteiger partial charge on any atom is 0.315 e. The summed E-state index contributed by atoms with van der Waals surface area (Å²) in [6, 6.07) is 0.0744. The number of hydrogen-bond acceptors (Lipinski definition) is 2. The normalized spacial score (nSPS) is 30.2. The fourth-order valence-corrected chi connectivity index (χ4v) is 2.55. The zero-order chi connectivity index (χ0) is 12.2. The van der Waals surface area contributed by atoms with E-state index in [0.717, 1.165) is 19.3 Å². The predicted octanol–water partition coefficient (Wildman–Crippen LogP) is 1.60. The molecule has 1 saturated carbocycles. The van der Waals surface area contributed by atoms with Gasteiger partial charge in [0.15, 0.2) is 0 Å². The second kappa shape index (κ2) is 5.53. The lowest BCUT2D eigenvalue weighted by atomic mass is 9.76. The third-order valence-electron chi connectivity index (χ3n) is 3.28. The van der Waals surface area contributed by atoms with Gasteiger partial charge < -0.3 is 16.4 Å². The molecule has 4 N–H and O–H groups in total. The highest BCUT2D eigenvalue weighted by molar-refractivity contribution is 5.75. The number of amides is 2. The van der Waals surface area contributed by atoms with Crippen LogP contribution in [0.25, 0.3) is 0 Å². The van der Waals surface area contributed by atoms with Gasteiger partial charge in [-0.2, -0.15) is 0 Å². The van der Waals surface area contributed by atoms with Crippen LogP contribution in [0.4, 0.5) is 4.79 Å². The predicted molar refractivity (Wildman–Crippen MR) is 66.2 cm³/mol. The molecule has 0 bridgehead atoms. The lowest BCUT2D eigenvalue weighted by molar-refractivity contribution is 0.182. The molecule has 1 aliphatic rings. The zero-order valence-corrected chi connectivity index (χ0v) is 10.7. The van der Waals surface area contributed by atoms with E-state index in [1.165, 1.54) is 6.42 Å². The maximum atomic E-state index is 11.7. The van der Waals surface area contributed by atoms with Crippen LogP contribution in [0.3, 0.4) is 0 Å². The van der Waals surface area contributed by atoms with Crippen molar-refractivity contribution in [2.45, 2.75) is 58.0 Å². The van der Waals surface area contributed by atoms with Gasteiger partial charge in [-0.05, 0) is 32.6 Å². The van der Waals surface area contributed by atoms with Gasteiger partial charge in [-0.15, -0.1) is 0 Å². The van der Waals surface area contributed by atoms with Gasteiger partial charge in [0.1, 0.15) is 0 Å². The monoisotopic (exact) mass is 227 g/mol. The van der Waals surface area contributed by atoms with Gasteiger partial charge in [-0.1, -0.05) is 19.8 Å². The average Bonchev–Trinajstić information content (AvgIpc) is 2.16. The van der Waals surface area contributed by atoms with E-state index in [9.17, 15) is 4.79 Å². The molecule has 0 aliphatic heterocycles. The first-order valence-electron chi connectivity index (χ1n) is 6.26. The van der Waals surface area contributed by atoms with Crippen molar-refractivity contribution in [3.63, 3.8) is 0 Å². The van der Waals surface area contributed by atoms with Crippen LogP contribution in [-0.4, -0.2) is 24.2 Å². The lowest BCUT2D eigenvalue weighted by Crippen LogP contribution is -2.59. The number of rotatable bonds is 3. The quantitative estimate of drug-likeness (QED) is 0.685. The van der Waals surface area contributed by atoms with Crippen LogP contribution < -0.4 is 16.4 Å². The van der Waals surface area contributed by atoms with Crippen LogP contribution in [-0.2, 0) is 0 Å². The molecule has 0 aromatic rings. The number of nitrogens with two attached hydrogens (primary N) is 1. The molecule has 4 heteroatoms. The molecule has 1 aliphatic carbocycles. The Labute approximate surface area is 98.3 Å². The first-order chi connectivity index (χ1) is 7.47. The fraction of sp³-hybridized carbons (Fsp3) is 0.917.